The molecule has 1 aliphatic heterocycles. The Labute approximate surface area is 176 Å². The van der Waals surface area contributed by atoms with Gasteiger partial charge in [0.05, 0.1) is 7.11 Å². The molecule has 1 aliphatic rings. The van der Waals surface area contributed by atoms with Crippen molar-refractivity contribution in [2.45, 2.75) is 38.6 Å². The summed E-state index contributed by atoms with van der Waals surface area (Å²) >= 11 is 0. The normalized spacial score (nSPS) is 16.3. The number of methoxy groups -OCH3 is 1. The SMILES string of the molecule is CCc1cccc(NC(=O)N2CCCC[C@@H]2c2nc(-c3cccc(OC)c3)no2)c1. The number of likely N-dealkylation sites (tertiary alicyclic amines) is 1. The smallest absolute Gasteiger partial charge is 0.322 e. The lowest BCUT2D eigenvalue weighted by atomic mass is 10.0. The van der Waals surface area contributed by atoms with Crippen molar-refractivity contribution in [2.24, 2.45) is 0 Å². The molecule has 1 aromatic heterocycles. The minimum atomic E-state index is -0.236. The molecule has 0 radical (unpaired) electrons. The topological polar surface area (TPSA) is 80.5 Å². The highest BCUT2D eigenvalue weighted by molar-refractivity contribution is 5.89. The summed E-state index contributed by atoms with van der Waals surface area (Å²) in [7, 11) is 1.62. The van der Waals surface area contributed by atoms with E-state index in [4.69, 9.17) is 9.26 Å². The highest BCUT2D eigenvalue weighted by Gasteiger charge is 2.32. The van der Waals surface area contributed by atoms with Gasteiger partial charge in [0, 0.05) is 17.8 Å². The van der Waals surface area contributed by atoms with Gasteiger partial charge in [0.25, 0.3) is 0 Å². The number of anilines is 1. The van der Waals surface area contributed by atoms with Crippen LogP contribution in [0, 0.1) is 0 Å². The first-order valence-corrected chi connectivity index (χ1v) is 10.3. The number of nitrogens with one attached hydrogen (secondary N) is 1. The number of rotatable bonds is 5. The predicted octanol–water partition coefficient (Wildman–Crippen LogP) is 5.07. The van der Waals surface area contributed by atoms with E-state index in [9.17, 15) is 4.79 Å². The average molecular weight is 406 g/mol. The maximum atomic E-state index is 13.0. The van der Waals surface area contributed by atoms with Gasteiger partial charge >= 0.3 is 6.03 Å². The third-order valence-corrected chi connectivity index (χ3v) is 5.40. The predicted molar refractivity (Wildman–Crippen MR) is 114 cm³/mol. The maximum absolute atomic E-state index is 13.0. The Hall–Kier alpha value is -3.35. The molecule has 1 N–H and O–H groups in total. The van der Waals surface area contributed by atoms with Gasteiger partial charge in [0.1, 0.15) is 11.8 Å². The second-order valence-electron chi connectivity index (χ2n) is 7.38. The lowest BCUT2D eigenvalue weighted by Crippen LogP contribution is -2.41. The minimum Gasteiger partial charge on any atom is -0.497 e. The molecule has 156 valence electrons. The molecule has 0 unspecified atom stereocenters. The molecule has 7 heteroatoms. The molecule has 30 heavy (non-hydrogen) atoms. The molecule has 2 amide bonds. The van der Waals surface area contributed by atoms with E-state index < -0.39 is 0 Å². The molecule has 1 saturated heterocycles. The van der Waals surface area contributed by atoms with Crippen LogP contribution in [0.15, 0.2) is 53.1 Å². The largest absolute Gasteiger partial charge is 0.497 e. The second kappa shape index (κ2) is 8.98. The Morgan fingerprint density at radius 2 is 2.10 bits per heavy atom. The molecule has 0 aliphatic carbocycles. The van der Waals surface area contributed by atoms with Crippen LogP contribution in [0.25, 0.3) is 11.4 Å². The number of hydrogen-bond donors (Lipinski definition) is 1. The highest BCUT2D eigenvalue weighted by atomic mass is 16.5. The van der Waals surface area contributed by atoms with Gasteiger partial charge in [-0.05, 0) is 55.5 Å². The lowest BCUT2D eigenvalue weighted by Gasteiger charge is -2.33. The van der Waals surface area contributed by atoms with Crippen LogP contribution in [0.4, 0.5) is 10.5 Å². The van der Waals surface area contributed by atoms with Crippen molar-refractivity contribution < 1.29 is 14.1 Å². The quantitative estimate of drug-likeness (QED) is 0.640. The van der Waals surface area contributed by atoms with E-state index in [-0.39, 0.29) is 12.1 Å². The number of piperidine rings is 1. The molecule has 0 bridgehead atoms. The van der Waals surface area contributed by atoms with E-state index >= 15 is 0 Å². The summed E-state index contributed by atoms with van der Waals surface area (Å²) in [6, 6.07) is 15.1. The minimum absolute atomic E-state index is 0.144. The summed E-state index contributed by atoms with van der Waals surface area (Å²) in [5, 5.41) is 7.16. The zero-order valence-electron chi connectivity index (χ0n) is 17.3. The molecule has 1 atom stereocenters. The molecule has 2 aromatic carbocycles. The number of carbonyl (C=O) groups excluding carboxylic acids is 1. The Morgan fingerprint density at radius 3 is 2.93 bits per heavy atom. The fourth-order valence-corrected chi connectivity index (χ4v) is 3.75. The van der Waals surface area contributed by atoms with Gasteiger partial charge in [-0.25, -0.2) is 4.79 Å². The monoisotopic (exact) mass is 406 g/mol. The van der Waals surface area contributed by atoms with Gasteiger partial charge in [-0.3, -0.25) is 0 Å². The van der Waals surface area contributed by atoms with Crippen molar-refractivity contribution in [3.63, 3.8) is 0 Å². The molecule has 3 aromatic rings. The van der Waals surface area contributed by atoms with E-state index in [1.165, 1.54) is 5.56 Å². The van der Waals surface area contributed by atoms with Crippen LogP contribution in [-0.4, -0.2) is 34.7 Å². The van der Waals surface area contributed by atoms with Crippen molar-refractivity contribution in [1.29, 1.82) is 0 Å². The number of benzene rings is 2. The van der Waals surface area contributed by atoms with Crippen molar-refractivity contribution in [2.75, 3.05) is 19.0 Å². The van der Waals surface area contributed by atoms with Crippen LogP contribution in [0.5, 0.6) is 5.75 Å². The van der Waals surface area contributed by atoms with Crippen LogP contribution in [-0.2, 0) is 6.42 Å². The van der Waals surface area contributed by atoms with Gasteiger partial charge in [0.2, 0.25) is 11.7 Å². The summed E-state index contributed by atoms with van der Waals surface area (Å²) in [6.45, 7) is 2.75. The molecule has 4 rings (SSSR count). The average Bonchev–Trinajstić information content (AvgIpc) is 3.29. The zero-order valence-corrected chi connectivity index (χ0v) is 17.3. The van der Waals surface area contributed by atoms with E-state index in [1.807, 2.05) is 42.5 Å². The Bertz CT molecular complexity index is 1020. The number of carbonyl (C=O) groups is 1. The first-order valence-electron chi connectivity index (χ1n) is 10.3. The fraction of sp³-hybridized carbons (Fsp3) is 0.348. The van der Waals surface area contributed by atoms with Crippen molar-refractivity contribution in [1.82, 2.24) is 15.0 Å². The zero-order chi connectivity index (χ0) is 20.9. The number of nitrogens with zero attached hydrogens (tertiary/aromatic N) is 3. The van der Waals surface area contributed by atoms with Crippen LogP contribution in [0.2, 0.25) is 0 Å². The van der Waals surface area contributed by atoms with Crippen molar-refractivity contribution in [3.8, 4) is 17.1 Å². The summed E-state index contributed by atoms with van der Waals surface area (Å²) in [5.41, 5.74) is 2.79. The summed E-state index contributed by atoms with van der Waals surface area (Å²) in [5.74, 6) is 1.68. The third kappa shape index (κ3) is 4.30. The number of amides is 2. The van der Waals surface area contributed by atoms with Gasteiger partial charge < -0.3 is 19.5 Å². The molecular formula is C23H26N4O3. The molecule has 1 fully saturated rings. The van der Waals surface area contributed by atoms with E-state index in [0.717, 1.165) is 42.7 Å². The molecule has 2 heterocycles. The van der Waals surface area contributed by atoms with Crippen LogP contribution in [0.1, 0.15) is 43.7 Å². The van der Waals surface area contributed by atoms with E-state index in [0.29, 0.717) is 18.3 Å². The van der Waals surface area contributed by atoms with Crippen LogP contribution >= 0.6 is 0 Å². The molecule has 0 spiro atoms. The van der Waals surface area contributed by atoms with Gasteiger partial charge in [-0.1, -0.05) is 36.3 Å². The second-order valence-corrected chi connectivity index (χ2v) is 7.38. The van der Waals surface area contributed by atoms with Crippen molar-refractivity contribution >= 4 is 11.7 Å². The van der Waals surface area contributed by atoms with Gasteiger partial charge in [-0.15, -0.1) is 0 Å². The van der Waals surface area contributed by atoms with Crippen molar-refractivity contribution in [3.05, 3.63) is 60.0 Å². The molecular weight excluding hydrogens is 380 g/mol. The van der Waals surface area contributed by atoms with Crippen LogP contribution < -0.4 is 10.1 Å². The maximum Gasteiger partial charge on any atom is 0.322 e. The van der Waals surface area contributed by atoms with E-state index in [1.54, 1.807) is 12.0 Å². The Kier molecular flexibility index (Phi) is 5.97. The van der Waals surface area contributed by atoms with Crippen LogP contribution in [0.3, 0.4) is 0 Å². The summed E-state index contributed by atoms with van der Waals surface area (Å²) in [4.78, 5) is 19.4. The summed E-state index contributed by atoms with van der Waals surface area (Å²) < 4.78 is 10.8. The third-order valence-electron chi connectivity index (χ3n) is 5.40. The standard InChI is InChI=1S/C23H26N4O3/c1-3-16-8-6-10-18(14-16)24-23(28)27-13-5-4-12-20(27)22-25-21(26-30-22)17-9-7-11-19(15-17)29-2/h6-11,14-15,20H,3-5,12-13H2,1-2H3,(H,24,28)/t20-/m1/s1. The number of ether oxygens (including phenoxy) is 1. The first-order chi connectivity index (χ1) is 14.7. The number of hydrogen-bond acceptors (Lipinski definition) is 5. The van der Waals surface area contributed by atoms with Gasteiger partial charge in [0.15, 0.2) is 0 Å². The molecule has 7 nitrogen and oxygen atoms in total. The van der Waals surface area contributed by atoms with E-state index in [2.05, 4.69) is 28.4 Å². The fourth-order valence-electron chi connectivity index (χ4n) is 3.75. The number of aromatic nitrogens is 2. The summed E-state index contributed by atoms with van der Waals surface area (Å²) in [6.07, 6.45) is 3.68. The number of urea groups is 1. The first kappa shape index (κ1) is 19.9. The lowest BCUT2D eigenvalue weighted by molar-refractivity contribution is 0.142. The number of aryl methyl sites for hydroxylation is 1. The Morgan fingerprint density at radius 1 is 1.23 bits per heavy atom. The highest BCUT2D eigenvalue weighted by Crippen LogP contribution is 2.32. The van der Waals surface area contributed by atoms with Gasteiger partial charge in [-0.2, -0.15) is 4.98 Å². The Balaban J connectivity index is 1.53. The molecule has 0 saturated carbocycles.